The van der Waals surface area contributed by atoms with E-state index in [1.807, 2.05) is 19.1 Å². The largest absolute Gasteiger partial charge is 0.338 e. The summed E-state index contributed by atoms with van der Waals surface area (Å²) in [6, 6.07) is 9.99. The quantitative estimate of drug-likeness (QED) is 0.717. The van der Waals surface area contributed by atoms with Gasteiger partial charge in [-0.05, 0) is 56.2 Å². The van der Waals surface area contributed by atoms with Gasteiger partial charge in [0.1, 0.15) is 11.6 Å². The number of likely N-dealkylation sites (tertiary alicyclic amines) is 1. The minimum Gasteiger partial charge on any atom is -0.338 e. The van der Waals surface area contributed by atoms with E-state index in [2.05, 4.69) is 26.2 Å². The summed E-state index contributed by atoms with van der Waals surface area (Å²) in [6.07, 6.45) is 4.27. The van der Waals surface area contributed by atoms with Crippen molar-refractivity contribution in [3.05, 3.63) is 64.0 Å². The molecule has 2 heterocycles. The first kappa shape index (κ1) is 20.2. The van der Waals surface area contributed by atoms with Gasteiger partial charge in [0.05, 0.1) is 5.92 Å². The smallest absolute Gasteiger partial charge is 0.246 e. The molecule has 1 aromatic heterocycles. The van der Waals surface area contributed by atoms with Crippen molar-refractivity contribution in [2.75, 3.05) is 18.4 Å². The molecule has 0 saturated carbocycles. The average molecular weight is 446 g/mol. The molecule has 1 saturated heterocycles. The minimum absolute atomic E-state index is 0.141. The number of rotatable bonds is 4. The Kier molecular flexibility index (Phi) is 6.57. The van der Waals surface area contributed by atoms with E-state index >= 15 is 0 Å². The molecule has 1 aromatic carbocycles. The van der Waals surface area contributed by atoms with Crippen molar-refractivity contribution in [3.8, 4) is 0 Å². The fourth-order valence-electron chi connectivity index (χ4n) is 3.14. The van der Waals surface area contributed by atoms with E-state index in [0.717, 1.165) is 16.6 Å². The van der Waals surface area contributed by atoms with Crippen LogP contribution in [0, 0.1) is 18.7 Å². The maximum Gasteiger partial charge on any atom is 0.246 e. The van der Waals surface area contributed by atoms with Crippen LogP contribution in [0.25, 0.3) is 6.08 Å². The predicted octanol–water partition coefficient (Wildman–Crippen LogP) is 4.18. The molecule has 1 aliphatic heterocycles. The molecule has 5 nitrogen and oxygen atoms in total. The third-order valence-corrected chi connectivity index (χ3v) is 5.10. The second-order valence-corrected chi connectivity index (χ2v) is 7.69. The number of nitrogens with one attached hydrogen (secondary N) is 1. The summed E-state index contributed by atoms with van der Waals surface area (Å²) in [6.45, 7) is 2.77. The number of hydrogen-bond acceptors (Lipinski definition) is 3. The lowest BCUT2D eigenvalue weighted by molar-refractivity contribution is -0.130. The van der Waals surface area contributed by atoms with Crippen LogP contribution in [0.5, 0.6) is 0 Å². The van der Waals surface area contributed by atoms with E-state index in [1.54, 1.807) is 23.1 Å². The Bertz CT molecular complexity index is 916. The molecule has 1 N–H and O–H groups in total. The Morgan fingerprint density at radius 1 is 1.32 bits per heavy atom. The zero-order chi connectivity index (χ0) is 20.1. The second kappa shape index (κ2) is 9.10. The topological polar surface area (TPSA) is 62.3 Å². The summed E-state index contributed by atoms with van der Waals surface area (Å²) in [5.41, 5.74) is 1.16. The number of benzene rings is 1. The summed E-state index contributed by atoms with van der Waals surface area (Å²) in [4.78, 5) is 31.0. The van der Waals surface area contributed by atoms with E-state index in [9.17, 15) is 14.0 Å². The van der Waals surface area contributed by atoms with Gasteiger partial charge in [0, 0.05) is 34.9 Å². The third-order valence-electron chi connectivity index (χ3n) is 4.61. The van der Waals surface area contributed by atoms with Crippen molar-refractivity contribution in [2.24, 2.45) is 5.92 Å². The number of halogens is 2. The third kappa shape index (κ3) is 5.25. The molecular weight excluding hydrogens is 425 g/mol. The van der Waals surface area contributed by atoms with Gasteiger partial charge >= 0.3 is 0 Å². The van der Waals surface area contributed by atoms with Crippen LogP contribution < -0.4 is 5.32 Å². The number of anilines is 1. The van der Waals surface area contributed by atoms with Crippen LogP contribution in [0.2, 0.25) is 0 Å². The van der Waals surface area contributed by atoms with Crippen LogP contribution in [0.1, 0.15) is 24.1 Å². The number of piperidine rings is 1. The zero-order valence-corrected chi connectivity index (χ0v) is 17.1. The predicted molar refractivity (Wildman–Crippen MR) is 110 cm³/mol. The maximum absolute atomic E-state index is 13.8. The Hall–Kier alpha value is -2.54. The van der Waals surface area contributed by atoms with E-state index in [-0.39, 0.29) is 17.7 Å². The van der Waals surface area contributed by atoms with E-state index in [4.69, 9.17) is 0 Å². The van der Waals surface area contributed by atoms with Crippen molar-refractivity contribution >= 4 is 39.6 Å². The number of amides is 2. The Labute approximate surface area is 171 Å². The highest BCUT2D eigenvalue weighted by Gasteiger charge is 2.27. The monoisotopic (exact) mass is 445 g/mol. The SMILES string of the molecule is Cc1cccc(NC(=O)C2CCCN(C(=O)/C=C/c3cc(Br)ccc3F)C2)n1. The van der Waals surface area contributed by atoms with Gasteiger partial charge < -0.3 is 10.2 Å². The first-order valence-corrected chi connectivity index (χ1v) is 9.88. The highest BCUT2D eigenvalue weighted by molar-refractivity contribution is 9.10. The summed E-state index contributed by atoms with van der Waals surface area (Å²) >= 11 is 3.29. The van der Waals surface area contributed by atoms with Crippen LogP contribution in [0.4, 0.5) is 10.2 Å². The van der Waals surface area contributed by atoms with Crippen molar-refractivity contribution < 1.29 is 14.0 Å². The standard InChI is InChI=1S/C21H21BrFN3O2/c1-14-4-2-6-19(24-14)25-21(28)16-5-3-11-26(13-16)20(27)10-7-15-12-17(22)8-9-18(15)23/h2,4,6-10,12,16H,3,5,11,13H2,1H3,(H,24,25,28)/b10-7+. The van der Waals surface area contributed by atoms with Crippen LogP contribution in [-0.2, 0) is 9.59 Å². The molecule has 0 spiro atoms. The number of pyridine rings is 1. The van der Waals surface area contributed by atoms with Crippen molar-refractivity contribution in [1.29, 1.82) is 0 Å². The normalized spacial score (nSPS) is 17.0. The van der Waals surface area contributed by atoms with Gasteiger partial charge in [-0.2, -0.15) is 0 Å². The summed E-state index contributed by atoms with van der Waals surface area (Å²) in [7, 11) is 0. The van der Waals surface area contributed by atoms with Crippen molar-refractivity contribution in [1.82, 2.24) is 9.88 Å². The fourth-order valence-corrected chi connectivity index (χ4v) is 3.52. The Balaban J connectivity index is 1.62. The number of carbonyl (C=O) groups is 2. The lowest BCUT2D eigenvalue weighted by Crippen LogP contribution is -2.43. The van der Waals surface area contributed by atoms with E-state index in [0.29, 0.717) is 30.9 Å². The van der Waals surface area contributed by atoms with Gasteiger partial charge in [-0.25, -0.2) is 9.37 Å². The molecule has 1 aliphatic rings. The molecule has 0 aliphatic carbocycles. The Morgan fingerprint density at radius 3 is 2.93 bits per heavy atom. The minimum atomic E-state index is -0.395. The summed E-state index contributed by atoms with van der Waals surface area (Å²) < 4.78 is 14.5. The highest BCUT2D eigenvalue weighted by Crippen LogP contribution is 2.20. The van der Waals surface area contributed by atoms with E-state index in [1.165, 1.54) is 18.2 Å². The number of carbonyl (C=O) groups excluding carboxylic acids is 2. The van der Waals surface area contributed by atoms with Crippen LogP contribution >= 0.6 is 15.9 Å². The molecule has 3 rings (SSSR count). The zero-order valence-electron chi connectivity index (χ0n) is 15.5. The summed E-state index contributed by atoms with van der Waals surface area (Å²) in [5, 5.41) is 2.82. The number of aryl methyl sites for hydroxylation is 1. The van der Waals surface area contributed by atoms with Crippen molar-refractivity contribution in [3.63, 3.8) is 0 Å². The lowest BCUT2D eigenvalue weighted by atomic mass is 9.97. The van der Waals surface area contributed by atoms with Crippen LogP contribution in [0.15, 0.2) is 46.9 Å². The van der Waals surface area contributed by atoms with Crippen LogP contribution in [-0.4, -0.2) is 34.8 Å². The fraction of sp³-hybridized carbons (Fsp3) is 0.286. The molecule has 1 atom stereocenters. The average Bonchev–Trinajstić information content (AvgIpc) is 2.68. The molecule has 7 heteroatoms. The maximum atomic E-state index is 13.8. The molecule has 146 valence electrons. The molecular formula is C21H21BrFN3O2. The van der Waals surface area contributed by atoms with Gasteiger partial charge in [0.15, 0.2) is 0 Å². The molecule has 2 amide bonds. The Morgan fingerprint density at radius 2 is 2.14 bits per heavy atom. The lowest BCUT2D eigenvalue weighted by Gasteiger charge is -2.31. The van der Waals surface area contributed by atoms with Gasteiger partial charge in [0.25, 0.3) is 0 Å². The number of hydrogen-bond donors (Lipinski definition) is 1. The highest BCUT2D eigenvalue weighted by atomic mass is 79.9. The van der Waals surface area contributed by atoms with Gasteiger partial charge in [-0.15, -0.1) is 0 Å². The van der Waals surface area contributed by atoms with Gasteiger partial charge in [-0.3, -0.25) is 9.59 Å². The first-order valence-electron chi connectivity index (χ1n) is 9.09. The molecule has 1 unspecified atom stereocenters. The molecule has 0 bridgehead atoms. The molecule has 0 radical (unpaired) electrons. The van der Waals surface area contributed by atoms with Crippen LogP contribution in [0.3, 0.4) is 0 Å². The molecule has 2 aromatic rings. The van der Waals surface area contributed by atoms with Gasteiger partial charge in [-0.1, -0.05) is 22.0 Å². The summed E-state index contributed by atoms with van der Waals surface area (Å²) in [5.74, 6) is -0.550. The molecule has 28 heavy (non-hydrogen) atoms. The number of nitrogens with zero attached hydrogens (tertiary/aromatic N) is 2. The first-order chi connectivity index (χ1) is 13.4. The number of aromatic nitrogens is 1. The van der Waals surface area contributed by atoms with Gasteiger partial charge in [0.2, 0.25) is 11.8 Å². The molecule has 1 fully saturated rings. The second-order valence-electron chi connectivity index (χ2n) is 6.78. The van der Waals surface area contributed by atoms with E-state index < -0.39 is 5.82 Å². The van der Waals surface area contributed by atoms with Crippen molar-refractivity contribution in [2.45, 2.75) is 19.8 Å².